The summed E-state index contributed by atoms with van der Waals surface area (Å²) in [4.78, 5) is 0. The number of halogens is 3. The summed E-state index contributed by atoms with van der Waals surface area (Å²) in [6, 6.07) is 6.26. The van der Waals surface area contributed by atoms with E-state index >= 15 is 0 Å². The van der Waals surface area contributed by atoms with Crippen molar-refractivity contribution in [3.63, 3.8) is 0 Å². The monoisotopic (exact) mass is 261 g/mol. The molecule has 1 N–H and O–H groups in total. The Hall–Kier alpha value is -1.07. The Morgan fingerprint density at radius 2 is 1.89 bits per heavy atom. The maximum absolute atomic E-state index is 12.9. The van der Waals surface area contributed by atoms with Gasteiger partial charge in [-0.2, -0.15) is 13.2 Å². The number of benzene rings is 1. The van der Waals surface area contributed by atoms with Crippen LogP contribution >= 0.6 is 0 Å². The van der Waals surface area contributed by atoms with Gasteiger partial charge in [-0.15, -0.1) is 0 Å². The first-order valence-corrected chi connectivity index (χ1v) is 5.98. The summed E-state index contributed by atoms with van der Waals surface area (Å²) in [6.45, 7) is 3.19. The molecule has 0 aromatic heterocycles. The highest BCUT2D eigenvalue weighted by Crippen LogP contribution is 2.32. The zero-order valence-electron chi connectivity index (χ0n) is 10.3. The van der Waals surface area contributed by atoms with Crippen LogP contribution in [0.1, 0.15) is 24.9 Å². The fourth-order valence-corrected chi connectivity index (χ4v) is 1.63. The van der Waals surface area contributed by atoms with E-state index in [0.29, 0.717) is 19.6 Å². The third kappa shape index (κ3) is 5.06. The normalized spacial score (nSPS) is 13.6. The van der Waals surface area contributed by atoms with Gasteiger partial charge in [-0.05, 0) is 25.5 Å². The van der Waals surface area contributed by atoms with E-state index in [1.54, 1.807) is 18.2 Å². The molecule has 0 fully saturated rings. The van der Waals surface area contributed by atoms with E-state index in [4.69, 9.17) is 4.74 Å². The lowest BCUT2D eigenvalue weighted by Gasteiger charge is -2.22. The molecular weight excluding hydrogens is 243 g/mol. The number of ether oxygens (including phenoxy) is 1. The summed E-state index contributed by atoms with van der Waals surface area (Å²) < 4.78 is 43.7. The number of rotatable bonds is 7. The molecule has 0 heterocycles. The standard InChI is InChI=1S/C13H18F3NO/c1-2-18-10-6-9-17-12(13(14,15)16)11-7-4-3-5-8-11/h3-5,7-8,12,17H,2,6,9-10H2,1H3. The van der Waals surface area contributed by atoms with Crippen LogP contribution in [0.2, 0.25) is 0 Å². The minimum atomic E-state index is -4.28. The highest BCUT2D eigenvalue weighted by Gasteiger charge is 2.40. The third-order valence-electron chi connectivity index (χ3n) is 2.48. The first-order chi connectivity index (χ1) is 8.55. The van der Waals surface area contributed by atoms with Crippen LogP contribution in [-0.2, 0) is 4.74 Å². The van der Waals surface area contributed by atoms with Gasteiger partial charge in [0, 0.05) is 13.2 Å². The van der Waals surface area contributed by atoms with Gasteiger partial charge >= 0.3 is 6.18 Å². The molecule has 18 heavy (non-hydrogen) atoms. The van der Waals surface area contributed by atoms with E-state index in [1.807, 2.05) is 6.92 Å². The maximum atomic E-state index is 12.9. The topological polar surface area (TPSA) is 21.3 Å². The molecule has 0 saturated carbocycles. The lowest BCUT2D eigenvalue weighted by atomic mass is 10.1. The van der Waals surface area contributed by atoms with Crippen LogP contribution < -0.4 is 5.32 Å². The first-order valence-electron chi connectivity index (χ1n) is 5.98. The molecule has 102 valence electrons. The van der Waals surface area contributed by atoms with Crippen molar-refractivity contribution in [1.29, 1.82) is 0 Å². The molecule has 1 atom stereocenters. The van der Waals surface area contributed by atoms with Crippen molar-refractivity contribution in [2.24, 2.45) is 0 Å². The van der Waals surface area contributed by atoms with Gasteiger partial charge in [0.05, 0.1) is 0 Å². The van der Waals surface area contributed by atoms with Crippen LogP contribution in [0, 0.1) is 0 Å². The number of hydrogen-bond donors (Lipinski definition) is 1. The Kier molecular flexibility index (Phi) is 6.15. The van der Waals surface area contributed by atoms with Crippen LogP contribution in [-0.4, -0.2) is 25.9 Å². The molecule has 0 saturated heterocycles. The van der Waals surface area contributed by atoms with E-state index in [1.165, 1.54) is 12.1 Å². The number of hydrogen-bond acceptors (Lipinski definition) is 2. The second kappa shape index (κ2) is 7.38. The lowest BCUT2D eigenvalue weighted by Crippen LogP contribution is -2.35. The zero-order chi connectivity index (χ0) is 13.4. The van der Waals surface area contributed by atoms with E-state index < -0.39 is 12.2 Å². The summed E-state index contributed by atoms with van der Waals surface area (Å²) in [5.41, 5.74) is 0.237. The van der Waals surface area contributed by atoms with Crippen molar-refractivity contribution in [3.05, 3.63) is 35.9 Å². The third-order valence-corrected chi connectivity index (χ3v) is 2.48. The average Bonchev–Trinajstić information content (AvgIpc) is 2.33. The molecule has 1 aromatic rings. The zero-order valence-corrected chi connectivity index (χ0v) is 10.3. The van der Waals surface area contributed by atoms with E-state index in [9.17, 15) is 13.2 Å². The van der Waals surface area contributed by atoms with Gasteiger partial charge in [-0.1, -0.05) is 30.3 Å². The Balaban J connectivity index is 2.53. The predicted molar refractivity (Wildman–Crippen MR) is 64.4 cm³/mol. The molecule has 1 rings (SSSR count). The minimum absolute atomic E-state index is 0.237. The SMILES string of the molecule is CCOCCCNC(c1ccccc1)C(F)(F)F. The molecule has 0 bridgehead atoms. The summed E-state index contributed by atoms with van der Waals surface area (Å²) in [7, 11) is 0. The van der Waals surface area contributed by atoms with Gasteiger partial charge in [0.2, 0.25) is 0 Å². The average molecular weight is 261 g/mol. The van der Waals surface area contributed by atoms with E-state index in [-0.39, 0.29) is 12.1 Å². The second-order valence-electron chi connectivity index (χ2n) is 3.89. The van der Waals surface area contributed by atoms with Crippen molar-refractivity contribution < 1.29 is 17.9 Å². The molecular formula is C13H18F3NO. The van der Waals surface area contributed by atoms with Crippen LogP contribution in [0.3, 0.4) is 0 Å². The molecule has 1 aromatic carbocycles. The Bertz CT molecular complexity index is 327. The smallest absolute Gasteiger partial charge is 0.382 e. The van der Waals surface area contributed by atoms with E-state index in [0.717, 1.165) is 0 Å². The largest absolute Gasteiger partial charge is 0.407 e. The van der Waals surface area contributed by atoms with Crippen molar-refractivity contribution >= 4 is 0 Å². The maximum Gasteiger partial charge on any atom is 0.407 e. The number of nitrogens with one attached hydrogen (secondary N) is 1. The van der Waals surface area contributed by atoms with Crippen molar-refractivity contribution in [1.82, 2.24) is 5.32 Å². The van der Waals surface area contributed by atoms with Crippen molar-refractivity contribution in [2.45, 2.75) is 25.6 Å². The molecule has 0 aliphatic rings. The predicted octanol–water partition coefficient (Wildman–Crippen LogP) is 3.31. The van der Waals surface area contributed by atoms with Gasteiger partial charge < -0.3 is 10.1 Å². The molecule has 0 aliphatic heterocycles. The molecule has 5 heteroatoms. The highest BCUT2D eigenvalue weighted by molar-refractivity contribution is 5.20. The van der Waals surface area contributed by atoms with Gasteiger partial charge in [-0.25, -0.2) is 0 Å². The van der Waals surface area contributed by atoms with Gasteiger partial charge in [0.1, 0.15) is 6.04 Å². The van der Waals surface area contributed by atoms with E-state index in [2.05, 4.69) is 5.32 Å². The second-order valence-corrected chi connectivity index (χ2v) is 3.89. The Labute approximate surface area is 105 Å². The summed E-state index contributed by atoms with van der Waals surface area (Å²) >= 11 is 0. The van der Waals surface area contributed by atoms with Gasteiger partial charge in [-0.3, -0.25) is 0 Å². The summed E-state index contributed by atoms with van der Waals surface area (Å²) in [5, 5.41) is 2.53. The van der Waals surface area contributed by atoms with Gasteiger partial charge in [0.25, 0.3) is 0 Å². The molecule has 0 radical (unpaired) electrons. The summed E-state index contributed by atoms with van der Waals surface area (Å²) in [5.74, 6) is 0. The molecule has 2 nitrogen and oxygen atoms in total. The quantitative estimate of drug-likeness (QED) is 0.760. The molecule has 0 aliphatic carbocycles. The van der Waals surface area contributed by atoms with Gasteiger partial charge in [0.15, 0.2) is 0 Å². The first kappa shape index (κ1) is 15.0. The Morgan fingerprint density at radius 1 is 1.22 bits per heavy atom. The highest BCUT2D eigenvalue weighted by atomic mass is 19.4. The molecule has 1 unspecified atom stereocenters. The van der Waals surface area contributed by atoms with Crippen LogP contribution in [0.4, 0.5) is 13.2 Å². The minimum Gasteiger partial charge on any atom is -0.382 e. The molecule has 0 amide bonds. The van der Waals surface area contributed by atoms with Crippen molar-refractivity contribution in [2.75, 3.05) is 19.8 Å². The van der Waals surface area contributed by atoms with Crippen LogP contribution in [0.15, 0.2) is 30.3 Å². The Morgan fingerprint density at radius 3 is 2.44 bits per heavy atom. The lowest BCUT2D eigenvalue weighted by molar-refractivity contribution is -0.157. The van der Waals surface area contributed by atoms with Crippen LogP contribution in [0.25, 0.3) is 0 Å². The van der Waals surface area contributed by atoms with Crippen LogP contribution in [0.5, 0.6) is 0 Å². The molecule has 0 spiro atoms. The van der Waals surface area contributed by atoms with Crippen molar-refractivity contribution in [3.8, 4) is 0 Å². The number of alkyl halides is 3. The fourth-order valence-electron chi connectivity index (χ4n) is 1.63. The fraction of sp³-hybridized carbons (Fsp3) is 0.538. The summed E-state index contributed by atoms with van der Waals surface area (Å²) in [6.07, 6.45) is -3.72.